The third kappa shape index (κ3) is 4.21. The lowest BCUT2D eigenvalue weighted by atomic mass is 10.4. The van der Waals surface area contributed by atoms with Crippen molar-refractivity contribution in [3.05, 3.63) is 12.0 Å². The Bertz CT molecular complexity index is 396. The van der Waals surface area contributed by atoms with E-state index in [2.05, 4.69) is 25.9 Å². The van der Waals surface area contributed by atoms with Gasteiger partial charge in [-0.3, -0.25) is 4.79 Å². The maximum atomic E-state index is 13.3. The van der Waals surface area contributed by atoms with Crippen LogP contribution < -0.4 is 16.0 Å². The zero-order valence-electron chi connectivity index (χ0n) is 10.0. The Morgan fingerprint density at radius 2 is 2.24 bits per heavy atom. The largest absolute Gasteiger partial charge is 0.358 e. The summed E-state index contributed by atoms with van der Waals surface area (Å²) in [6.07, 6.45) is 1.04. The van der Waals surface area contributed by atoms with Gasteiger partial charge in [-0.05, 0) is 13.8 Å². The van der Waals surface area contributed by atoms with Gasteiger partial charge in [-0.25, -0.2) is 9.37 Å². The van der Waals surface area contributed by atoms with Crippen LogP contribution in [0.2, 0.25) is 0 Å². The number of aromatic nitrogens is 2. The van der Waals surface area contributed by atoms with Gasteiger partial charge in [0.25, 0.3) is 0 Å². The summed E-state index contributed by atoms with van der Waals surface area (Å²) in [4.78, 5) is 18.9. The summed E-state index contributed by atoms with van der Waals surface area (Å²) < 4.78 is 13.3. The lowest BCUT2D eigenvalue weighted by Crippen LogP contribution is -2.35. The van der Waals surface area contributed by atoms with Crippen LogP contribution in [0.3, 0.4) is 0 Å². The second-order valence-corrected chi connectivity index (χ2v) is 3.72. The maximum Gasteiger partial charge on any atom is 0.239 e. The van der Waals surface area contributed by atoms with Crippen molar-refractivity contribution < 1.29 is 9.18 Å². The van der Waals surface area contributed by atoms with Crippen LogP contribution in [-0.2, 0) is 4.79 Å². The Labute approximate surface area is 99.0 Å². The fourth-order valence-electron chi connectivity index (χ4n) is 1.15. The molecule has 0 fully saturated rings. The summed E-state index contributed by atoms with van der Waals surface area (Å²) >= 11 is 0. The normalized spacial score (nSPS) is 10.2. The molecular formula is C10H16FN5O. The topological polar surface area (TPSA) is 78.9 Å². The molecule has 6 nitrogen and oxygen atoms in total. The molecule has 17 heavy (non-hydrogen) atoms. The molecule has 1 rings (SSSR count). The first-order chi connectivity index (χ1) is 8.02. The van der Waals surface area contributed by atoms with Crippen LogP contribution >= 0.6 is 0 Å². The van der Waals surface area contributed by atoms with Gasteiger partial charge in [0.15, 0.2) is 11.6 Å². The zero-order valence-corrected chi connectivity index (χ0v) is 10.0. The SMILES string of the molecule is CNc1ncc(F)c(NCC(=O)NC(C)C)n1. The van der Waals surface area contributed by atoms with Gasteiger partial charge in [-0.15, -0.1) is 0 Å². The Morgan fingerprint density at radius 3 is 2.82 bits per heavy atom. The Hall–Kier alpha value is -1.92. The molecule has 0 aliphatic rings. The van der Waals surface area contributed by atoms with Gasteiger partial charge < -0.3 is 16.0 Å². The second kappa shape index (κ2) is 5.97. The summed E-state index contributed by atoms with van der Waals surface area (Å²) in [5.41, 5.74) is 0. The Kier molecular flexibility index (Phi) is 4.62. The molecule has 1 aromatic rings. The number of hydrogen-bond acceptors (Lipinski definition) is 5. The second-order valence-electron chi connectivity index (χ2n) is 3.72. The van der Waals surface area contributed by atoms with Crippen molar-refractivity contribution in [3.63, 3.8) is 0 Å². The van der Waals surface area contributed by atoms with Gasteiger partial charge in [0, 0.05) is 13.1 Å². The summed E-state index contributed by atoms with van der Waals surface area (Å²) in [6, 6.07) is 0.0485. The first-order valence-electron chi connectivity index (χ1n) is 5.26. The van der Waals surface area contributed by atoms with Crippen LogP contribution in [0, 0.1) is 5.82 Å². The maximum absolute atomic E-state index is 13.3. The monoisotopic (exact) mass is 241 g/mol. The number of amides is 1. The van der Waals surface area contributed by atoms with Gasteiger partial charge >= 0.3 is 0 Å². The van der Waals surface area contributed by atoms with E-state index in [0.717, 1.165) is 6.20 Å². The molecule has 0 spiro atoms. The Balaban J connectivity index is 2.59. The highest BCUT2D eigenvalue weighted by atomic mass is 19.1. The fraction of sp³-hybridized carbons (Fsp3) is 0.500. The van der Waals surface area contributed by atoms with E-state index >= 15 is 0 Å². The molecule has 94 valence electrons. The van der Waals surface area contributed by atoms with E-state index in [1.807, 2.05) is 13.8 Å². The van der Waals surface area contributed by atoms with Gasteiger partial charge in [-0.1, -0.05) is 0 Å². The van der Waals surface area contributed by atoms with Crippen molar-refractivity contribution in [2.45, 2.75) is 19.9 Å². The van der Waals surface area contributed by atoms with E-state index in [4.69, 9.17) is 0 Å². The highest BCUT2D eigenvalue weighted by Crippen LogP contribution is 2.10. The lowest BCUT2D eigenvalue weighted by Gasteiger charge is -2.10. The molecule has 0 saturated heterocycles. The van der Waals surface area contributed by atoms with Crippen LogP contribution in [0.25, 0.3) is 0 Å². The molecule has 0 aliphatic heterocycles. The molecule has 0 unspecified atom stereocenters. The van der Waals surface area contributed by atoms with Gasteiger partial charge in [0.1, 0.15) is 0 Å². The van der Waals surface area contributed by atoms with E-state index in [1.165, 1.54) is 0 Å². The number of carbonyl (C=O) groups excluding carboxylic acids is 1. The summed E-state index contributed by atoms with van der Waals surface area (Å²) in [5, 5.41) is 7.98. The van der Waals surface area contributed by atoms with Crippen LogP contribution in [0.5, 0.6) is 0 Å². The number of halogens is 1. The number of nitrogens with one attached hydrogen (secondary N) is 3. The van der Waals surface area contributed by atoms with Crippen molar-refractivity contribution >= 4 is 17.7 Å². The number of anilines is 2. The molecular weight excluding hydrogens is 225 g/mol. The predicted octanol–water partition coefficient (Wildman–Crippen LogP) is 0.594. The molecule has 3 N–H and O–H groups in total. The van der Waals surface area contributed by atoms with Crippen molar-refractivity contribution in [2.75, 3.05) is 24.2 Å². The average molecular weight is 241 g/mol. The van der Waals surface area contributed by atoms with E-state index in [9.17, 15) is 9.18 Å². The Morgan fingerprint density at radius 1 is 1.53 bits per heavy atom. The van der Waals surface area contributed by atoms with Gasteiger partial charge in [-0.2, -0.15) is 4.98 Å². The van der Waals surface area contributed by atoms with Crippen molar-refractivity contribution in [2.24, 2.45) is 0 Å². The third-order valence-corrected chi connectivity index (χ3v) is 1.83. The summed E-state index contributed by atoms with van der Waals surface area (Å²) in [7, 11) is 1.63. The van der Waals surface area contributed by atoms with Crippen LogP contribution in [0.15, 0.2) is 6.20 Å². The first-order valence-corrected chi connectivity index (χ1v) is 5.26. The van der Waals surface area contributed by atoms with Crippen LogP contribution in [-0.4, -0.2) is 35.5 Å². The van der Waals surface area contributed by atoms with Crippen molar-refractivity contribution in [3.8, 4) is 0 Å². The van der Waals surface area contributed by atoms with E-state index < -0.39 is 5.82 Å². The average Bonchev–Trinajstić information content (AvgIpc) is 2.27. The zero-order chi connectivity index (χ0) is 12.8. The third-order valence-electron chi connectivity index (χ3n) is 1.83. The smallest absolute Gasteiger partial charge is 0.239 e. The molecule has 1 heterocycles. The lowest BCUT2D eigenvalue weighted by molar-refractivity contribution is -0.119. The molecule has 0 aromatic carbocycles. The molecule has 0 aliphatic carbocycles. The number of rotatable bonds is 5. The molecule has 0 saturated carbocycles. The molecule has 1 amide bonds. The minimum Gasteiger partial charge on any atom is -0.358 e. The quantitative estimate of drug-likeness (QED) is 0.703. The standard InChI is InChI=1S/C10H16FN5O/c1-6(2)15-8(17)5-13-9-7(11)4-14-10(12-3)16-9/h4,6H,5H2,1-3H3,(H,15,17)(H2,12,13,14,16). The van der Waals surface area contributed by atoms with Crippen molar-refractivity contribution in [1.29, 1.82) is 0 Å². The van der Waals surface area contributed by atoms with Crippen LogP contribution in [0.4, 0.5) is 16.2 Å². The molecule has 0 radical (unpaired) electrons. The summed E-state index contributed by atoms with van der Waals surface area (Å²) in [5.74, 6) is -0.521. The van der Waals surface area contributed by atoms with Crippen LogP contribution in [0.1, 0.15) is 13.8 Å². The molecule has 7 heteroatoms. The molecule has 1 aromatic heterocycles. The number of hydrogen-bond donors (Lipinski definition) is 3. The van der Waals surface area contributed by atoms with E-state index in [0.29, 0.717) is 0 Å². The van der Waals surface area contributed by atoms with Gasteiger partial charge in [0.05, 0.1) is 12.7 Å². The predicted molar refractivity (Wildman–Crippen MR) is 63.3 cm³/mol. The molecule has 0 atom stereocenters. The van der Waals surface area contributed by atoms with Crippen molar-refractivity contribution in [1.82, 2.24) is 15.3 Å². The summed E-state index contributed by atoms with van der Waals surface area (Å²) in [6.45, 7) is 3.67. The minimum absolute atomic E-state index is 0.00301. The number of nitrogens with zero attached hydrogens (tertiary/aromatic N) is 2. The number of carbonyl (C=O) groups is 1. The fourth-order valence-corrected chi connectivity index (χ4v) is 1.15. The van der Waals surface area contributed by atoms with E-state index in [-0.39, 0.29) is 30.3 Å². The molecule has 0 bridgehead atoms. The minimum atomic E-state index is -0.596. The first kappa shape index (κ1) is 13.1. The van der Waals surface area contributed by atoms with E-state index in [1.54, 1.807) is 7.05 Å². The highest BCUT2D eigenvalue weighted by molar-refractivity contribution is 5.80. The van der Waals surface area contributed by atoms with Gasteiger partial charge in [0.2, 0.25) is 11.9 Å². The highest BCUT2D eigenvalue weighted by Gasteiger charge is 2.08.